The van der Waals surface area contributed by atoms with Crippen molar-refractivity contribution in [2.45, 2.75) is 0 Å². The van der Waals surface area contributed by atoms with Crippen molar-refractivity contribution in [1.29, 1.82) is 0 Å². The zero-order chi connectivity index (χ0) is 14.7. The van der Waals surface area contributed by atoms with Crippen LogP contribution in [0.5, 0.6) is 0 Å². The Hall–Kier alpha value is -1.85. The van der Waals surface area contributed by atoms with Crippen LogP contribution < -0.4 is 0 Å². The maximum Gasteiger partial charge on any atom is 0.140 e. The lowest BCUT2D eigenvalue weighted by Gasteiger charge is -2.15. The summed E-state index contributed by atoms with van der Waals surface area (Å²) in [6.07, 6.45) is 17.1. The third kappa shape index (κ3) is 5.54. The van der Waals surface area contributed by atoms with Crippen molar-refractivity contribution in [3.8, 4) is 0 Å². The van der Waals surface area contributed by atoms with Gasteiger partial charge >= 0.3 is 0 Å². The van der Waals surface area contributed by atoms with Crippen molar-refractivity contribution in [2.75, 3.05) is 6.66 Å². The molecule has 0 unspecified atom stereocenters. The molecule has 0 aromatic carbocycles. The molecular formula is C17H21OP. The summed E-state index contributed by atoms with van der Waals surface area (Å²) >= 11 is 0. The first kappa shape index (κ1) is 17.2. The Balaban J connectivity index is 5.79. The van der Waals surface area contributed by atoms with Gasteiger partial charge in [0.2, 0.25) is 0 Å². The SMILES string of the molecule is C=C/C=C\C(=C/C=C)P(C)(=O)C(/C=C\C=C)=C/C=C. The summed E-state index contributed by atoms with van der Waals surface area (Å²) in [5.74, 6) is 0. The molecule has 2 heteroatoms. The number of allylic oxidation sites excluding steroid dienone is 12. The summed E-state index contributed by atoms with van der Waals surface area (Å²) in [6.45, 7) is 16.3. The van der Waals surface area contributed by atoms with Crippen LogP contribution in [0.25, 0.3) is 0 Å². The van der Waals surface area contributed by atoms with Gasteiger partial charge in [0.15, 0.2) is 0 Å². The predicted octanol–water partition coefficient (Wildman–Crippen LogP) is 5.60. The van der Waals surface area contributed by atoms with Gasteiger partial charge in [0.1, 0.15) is 7.14 Å². The van der Waals surface area contributed by atoms with E-state index in [1.54, 1.807) is 67.4 Å². The number of hydrogen-bond acceptors (Lipinski definition) is 1. The fourth-order valence-electron chi connectivity index (χ4n) is 1.40. The average Bonchev–Trinajstić information content (AvgIpc) is 2.39. The largest absolute Gasteiger partial charge is 0.314 e. The lowest BCUT2D eigenvalue weighted by Crippen LogP contribution is -1.87. The van der Waals surface area contributed by atoms with Gasteiger partial charge in [-0.05, 0) is 6.66 Å². The summed E-state index contributed by atoms with van der Waals surface area (Å²) in [5, 5.41) is 1.42. The second-order valence-corrected chi connectivity index (χ2v) is 6.65. The van der Waals surface area contributed by atoms with E-state index in [4.69, 9.17) is 0 Å². The minimum Gasteiger partial charge on any atom is -0.314 e. The summed E-state index contributed by atoms with van der Waals surface area (Å²) in [4.78, 5) is 0. The lowest BCUT2D eigenvalue weighted by atomic mass is 10.4. The fourth-order valence-corrected chi connectivity index (χ4v) is 3.22. The van der Waals surface area contributed by atoms with Crippen LogP contribution in [0.2, 0.25) is 0 Å². The molecule has 100 valence electrons. The van der Waals surface area contributed by atoms with E-state index in [-0.39, 0.29) is 0 Å². The van der Waals surface area contributed by atoms with Gasteiger partial charge in [-0.3, -0.25) is 0 Å². The van der Waals surface area contributed by atoms with E-state index in [9.17, 15) is 4.57 Å². The maximum absolute atomic E-state index is 13.0. The first-order valence-electron chi connectivity index (χ1n) is 5.86. The second-order valence-electron chi connectivity index (χ2n) is 3.77. The molecule has 0 atom stereocenters. The second kappa shape index (κ2) is 9.13. The summed E-state index contributed by atoms with van der Waals surface area (Å²) in [6, 6.07) is 0. The number of hydrogen-bond donors (Lipinski definition) is 0. The highest BCUT2D eigenvalue weighted by Gasteiger charge is 2.22. The third-order valence-electron chi connectivity index (χ3n) is 2.37. The molecule has 0 saturated carbocycles. The van der Waals surface area contributed by atoms with Crippen LogP contribution in [0.1, 0.15) is 0 Å². The Morgan fingerprint density at radius 1 is 0.789 bits per heavy atom. The Labute approximate surface area is 116 Å². The monoisotopic (exact) mass is 272 g/mol. The van der Waals surface area contributed by atoms with Gasteiger partial charge in [-0.1, -0.05) is 87.1 Å². The maximum atomic E-state index is 13.0. The van der Waals surface area contributed by atoms with Crippen LogP contribution in [-0.2, 0) is 4.57 Å². The molecule has 0 N–H and O–H groups in total. The molecule has 0 aromatic rings. The van der Waals surface area contributed by atoms with E-state index in [2.05, 4.69) is 26.3 Å². The first-order valence-corrected chi connectivity index (χ1v) is 8.02. The molecule has 0 rings (SSSR count). The average molecular weight is 272 g/mol. The summed E-state index contributed by atoms with van der Waals surface area (Å²) in [5.41, 5.74) is 0. The molecule has 0 radical (unpaired) electrons. The van der Waals surface area contributed by atoms with Gasteiger partial charge in [0, 0.05) is 10.6 Å². The van der Waals surface area contributed by atoms with Crippen molar-refractivity contribution in [3.63, 3.8) is 0 Å². The molecule has 0 heterocycles. The van der Waals surface area contributed by atoms with Crippen molar-refractivity contribution < 1.29 is 4.57 Å². The minimum atomic E-state index is -2.69. The minimum absolute atomic E-state index is 0.712. The fraction of sp³-hybridized carbons (Fsp3) is 0.0588. The van der Waals surface area contributed by atoms with Crippen LogP contribution >= 0.6 is 7.14 Å². The third-order valence-corrected chi connectivity index (χ3v) is 4.94. The highest BCUT2D eigenvalue weighted by Crippen LogP contribution is 2.58. The van der Waals surface area contributed by atoms with Crippen LogP contribution in [-0.4, -0.2) is 6.66 Å². The molecule has 0 aliphatic carbocycles. The molecule has 0 aliphatic heterocycles. The van der Waals surface area contributed by atoms with E-state index < -0.39 is 7.14 Å². The normalized spacial score (nSPS) is 16.3. The van der Waals surface area contributed by atoms with E-state index in [0.29, 0.717) is 10.6 Å². The molecule has 0 aliphatic rings. The van der Waals surface area contributed by atoms with Crippen molar-refractivity contribution in [1.82, 2.24) is 0 Å². The van der Waals surface area contributed by atoms with Crippen LogP contribution in [0.4, 0.5) is 0 Å². The summed E-state index contributed by atoms with van der Waals surface area (Å²) in [7, 11) is -2.69. The summed E-state index contributed by atoms with van der Waals surface area (Å²) < 4.78 is 13.0. The molecule has 0 saturated heterocycles. The zero-order valence-electron chi connectivity index (χ0n) is 11.5. The molecule has 0 aromatic heterocycles. The molecule has 0 bridgehead atoms. The first-order chi connectivity index (χ1) is 9.04. The zero-order valence-corrected chi connectivity index (χ0v) is 12.4. The standard InChI is InChI=1S/C17H21OP/c1-6-10-14-16(12-8-3)19(5,18)17(13-9-4)15-11-7-2/h6-15H,1-4H2,5H3/b14-10-,15-11-,16-12+,17-13+. The molecule has 0 spiro atoms. The Morgan fingerprint density at radius 2 is 1.16 bits per heavy atom. The molecule has 19 heavy (non-hydrogen) atoms. The topological polar surface area (TPSA) is 17.1 Å². The molecule has 0 amide bonds. The number of rotatable bonds is 8. The van der Waals surface area contributed by atoms with Crippen LogP contribution in [0.15, 0.2) is 97.7 Å². The van der Waals surface area contributed by atoms with Gasteiger partial charge in [-0.25, -0.2) is 0 Å². The van der Waals surface area contributed by atoms with Gasteiger partial charge in [0.05, 0.1) is 0 Å². The molecule has 0 fully saturated rings. The lowest BCUT2D eigenvalue weighted by molar-refractivity contribution is 0.587. The van der Waals surface area contributed by atoms with Gasteiger partial charge in [-0.15, -0.1) is 0 Å². The molecular weight excluding hydrogens is 251 g/mol. The van der Waals surface area contributed by atoms with Gasteiger partial charge in [-0.2, -0.15) is 0 Å². The van der Waals surface area contributed by atoms with Gasteiger partial charge in [0.25, 0.3) is 0 Å². The van der Waals surface area contributed by atoms with Crippen molar-refractivity contribution in [3.05, 3.63) is 97.7 Å². The van der Waals surface area contributed by atoms with E-state index in [1.807, 2.05) is 0 Å². The highest BCUT2D eigenvalue weighted by atomic mass is 31.2. The smallest absolute Gasteiger partial charge is 0.140 e. The quantitative estimate of drug-likeness (QED) is 0.415. The van der Waals surface area contributed by atoms with E-state index in [1.165, 1.54) is 0 Å². The van der Waals surface area contributed by atoms with Crippen molar-refractivity contribution in [2.24, 2.45) is 0 Å². The van der Waals surface area contributed by atoms with E-state index in [0.717, 1.165) is 0 Å². The van der Waals surface area contributed by atoms with Gasteiger partial charge < -0.3 is 4.57 Å². The van der Waals surface area contributed by atoms with Crippen LogP contribution in [0, 0.1) is 0 Å². The van der Waals surface area contributed by atoms with Crippen LogP contribution in [0.3, 0.4) is 0 Å². The van der Waals surface area contributed by atoms with E-state index >= 15 is 0 Å². The Kier molecular flexibility index (Phi) is 8.24. The molecule has 1 nitrogen and oxygen atoms in total. The predicted molar refractivity (Wildman–Crippen MR) is 88.8 cm³/mol. The van der Waals surface area contributed by atoms with Crippen molar-refractivity contribution >= 4 is 7.14 Å². The Morgan fingerprint density at radius 3 is 1.42 bits per heavy atom. The highest BCUT2D eigenvalue weighted by molar-refractivity contribution is 7.72. The Bertz CT molecular complexity index is 469.